The molecule has 2 unspecified atom stereocenters. The van der Waals surface area contributed by atoms with Crippen molar-refractivity contribution in [3.8, 4) is 5.75 Å². The number of carbonyl (C=O) groups is 1. The zero-order valence-corrected chi connectivity index (χ0v) is 12.7. The van der Waals surface area contributed by atoms with Gasteiger partial charge in [0.15, 0.2) is 11.6 Å². The first-order valence-electron chi connectivity index (χ1n) is 6.75. The molecule has 5 heteroatoms. The predicted molar refractivity (Wildman–Crippen MR) is 77.2 cm³/mol. The number of rotatable bonds is 6. The summed E-state index contributed by atoms with van der Waals surface area (Å²) in [5, 5.41) is 5.98. The standard InChI is InChI=1S/C15H23FN2O2/c1-9(2)17-15(19)11(4)18-10(3)12-6-7-14(20-5)13(16)8-12/h6-11,18H,1-5H3,(H,17,19). The van der Waals surface area contributed by atoms with Gasteiger partial charge in [-0.15, -0.1) is 0 Å². The Morgan fingerprint density at radius 3 is 2.40 bits per heavy atom. The van der Waals surface area contributed by atoms with Gasteiger partial charge in [0.2, 0.25) is 5.91 Å². The van der Waals surface area contributed by atoms with Crippen molar-refractivity contribution in [2.45, 2.75) is 45.8 Å². The van der Waals surface area contributed by atoms with Crippen LogP contribution in [0, 0.1) is 5.82 Å². The summed E-state index contributed by atoms with van der Waals surface area (Å²) in [6.07, 6.45) is 0. The summed E-state index contributed by atoms with van der Waals surface area (Å²) < 4.78 is 18.5. The minimum absolute atomic E-state index is 0.0687. The van der Waals surface area contributed by atoms with Gasteiger partial charge in [0.1, 0.15) is 0 Å². The third-order valence-electron chi connectivity index (χ3n) is 3.00. The lowest BCUT2D eigenvalue weighted by Crippen LogP contribution is -2.45. The summed E-state index contributed by atoms with van der Waals surface area (Å²) in [7, 11) is 1.43. The van der Waals surface area contributed by atoms with Crippen molar-refractivity contribution in [1.82, 2.24) is 10.6 Å². The molecular formula is C15H23FN2O2. The van der Waals surface area contributed by atoms with E-state index in [-0.39, 0.29) is 29.8 Å². The maximum Gasteiger partial charge on any atom is 0.237 e. The van der Waals surface area contributed by atoms with Crippen LogP contribution in [0.4, 0.5) is 4.39 Å². The predicted octanol–water partition coefficient (Wildman–Crippen LogP) is 2.40. The average molecular weight is 282 g/mol. The first-order valence-corrected chi connectivity index (χ1v) is 6.75. The normalized spacial score (nSPS) is 13.9. The number of hydrogen-bond donors (Lipinski definition) is 2. The average Bonchev–Trinajstić information content (AvgIpc) is 2.37. The van der Waals surface area contributed by atoms with Crippen molar-refractivity contribution in [2.24, 2.45) is 0 Å². The minimum Gasteiger partial charge on any atom is -0.494 e. The summed E-state index contributed by atoms with van der Waals surface area (Å²) >= 11 is 0. The Hall–Kier alpha value is -1.62. The van der Waals surface area contributed by atoms with E-state index in [0.717, 1.165) is 5.56 Å². The lowest BCUT2D eigenvalue weighted by molar-refractivity contribution is -0.123. The van der Waals surface area contributed by atoms with E-state index in [1.165, 1.54) is 13.2 Å². The van der Waals surface area contributed by atoms with Gasteiger partial charge >= 0.3 is 0 Å². The topological polar surface area (TPSA) is 50.4 Å². The van der Waals surface area contributed by atoms with Gasteiger partial charge in [-0.2, -0.15) is 0 Å². The van der Waals surface area contributed by atoms with Crippen LogP contribution in [0.3, 0.4) is 0 Å². The van der Waals surface area contributed by atoms with Crippen molar-refractivity contribution in [1.29, 1.82) is 0 Å². The van der Waals surface area contributed by atoms with Crippen molar-refractivity contribution in [3.63, 3.8) is 0 Å². The molecule has 0 aliphatic heterocycles. The largest absolute Gasteiger partial charge is 0.494 e. The molecule has 1 amide bonds. The highest BCUT2D eigenvalue weighted by Gasteiger charge is 2.17. The first-order chi connectivity index (χ1) is 9.35. The zero-order valence-electron chi connectivity index (χ0n) is 12.7. The minimum atomic E-state index is -0.405. The highest BCUT2D eigenvalue weighted by Crippen LogP contribution is 2.21. The molecule has 4 nitrogen and oxygen atoms in total. The monoisotopic (exact) mass is 282 g/mol. The van der Waals surface area contributed by atoms with E-state index < -0.39 is 5.82 Å². The van der Waals surface area contributed by atoms with Crippen molar-refractivity contribution >= 4 is 5.91 Å². The molecule has 0 spiro atoms. The van der Waals surface area contributed by atoms with Crippen LogP contribution in [0.2, 0.25) is 0 Å². The molecule has 0 aromatic heterocycles. The molecule has 112 valence electrons. The van der Waals surface area contributed by atoms with E-state index in [9.17, 15) is 9.18 Å². The van der Waals surface area contributed by atoms with Gasteiger partial charge in [0, 0.05) is 12.1 Å². The summed E-state index contributed by atoms with van der Waals surface area (Å²) in [5.74, 6) is -0.259. The van der Waals surface area contributed by atoms with Crippen LogP contribution < -0.4 is 15.4 Å². The Kier molecular flexibility index (Phi) is 5.95. The fourth-order valence-electron chi connectivity index (χ4n) is 1.91. The van der Waals surface area contributed by atoms with Gasteiger partial charge in [-0.05, 0) is 45.4 Å². The number of nitrogens with one attached hydrogen (secondary N) is 2. The second kappa shape index (κ2) is 7.24. The van der Waals surface area contributed by atoms with Crippen LogP contribution >= 0.6 is 0 Å². The van der Waals surface area contributed by atoms with Crippen LogP contribution in [0.15, 0.2) is 18.2 Å². The van der Waals surface area contributed by atoms with E-state index in [1.807, 2.05) is 20.8 Å². The molecule has 20 heavy (non-hydrogen) atoms. The van der Waals surface area contributed by atoms with Crippen LogP contribution in [0.5, 0.6) is 5.75 Å². The summed E-state index contributed by atoms with van der Waals surface area (Å²) in [5.41, 5.74) is 0.771. The lowest BCUT2D eigenvalue weighted by Gasteiger charge is -2.21. The molecule has 0 heterocycles. The van der Waals surface area contributed by atoms with Crippen LogP contribution in [0.25, 0.3) is 0 Å². The highest BCUT2D eigenvalue weighted by molar-refractivity contribution is 5.81. The fourth-order valence-corrected chi connectivity index (χ4v) is 1.91. The number of halogens is 1. The molecule has 0 aliphatic carbocycles. The molecule has 1 aromatic carbocycles. The van der Waals surface area contributed by atoms with E-state index in [4.69, 9.17) is 4.74 Å². The first kappa shape index (κ1) is 16.4. The number of ether oxygens (including phenoxy) is 1. The van der Waals surface area contributed by atoms with Gasteiger partial charge in [-0.25, -0.2) is 4.39 Å². The second-order valence-corrected chi connectivity index (χ2v) is 5.17. The van der Waals surface area contributed by atoms with Gasteiger partial charge in [0.25, 0.3) is 0 Å². The number of hydrogen-bond acceptors (Lipinski definition) is 3. The Morgan fingerprint density at radius 2 is 1.90 bits per heavy atom. The second-order valence-electron chi connectivity index (χ2n) is 5.17. The summed E-state index contributed by atoms with van der Waals surface area (Å²) in [4.78, 5) is 11.8. The molecule has 2 N–H and O–H groups in total. The van der Waals surface area contributed by atoms with E-state index >= 15 is 0 Å². The molecule has 0 saturated heterocycles. The van der Waals surface area contributed by atoms with Crippen molar-refractivity contribution < 1.29 is 13.9 Å². The zero-order chi connectivity index (χ0) is 15.3. The van der Waals surface area contributed by atoms with E-state index in [1.54, 1.807) is 19.1 Å². The summed E-state index contributed by atoms with van der Waals surface area (Å²) in [6.45, 7) is 7.49. The maximum absolute atomic E-state index is 13.6. The SMILES string of the molecule is COc1ccc(C(C)NC(C)C(=O)NC(C)C)cc1F. The number of benzene rings is 1. The van der Waals surface area contributed by atoms with E-state index in [2.05, 4.69) is 10.6 Å². The molecule has 0 fully saturated rings. The van der Waals surface area contributed by atoms with Crippen molar-refractivity contribution in [3.05, 3.63) is 29.6 Å². The Morgan fingerprint density at radius 1 is 1.25 bits per heavy atom. The third-order valence-corrected chi connectivity index (χ3v) is 3.00. The smallest absolute Gasteiger partial charge is 0.237 e. The molecule has 0 radical (unpaired) electrons. The van der Waals surface area contributed by atoms with Gasteiger partial charge in [-0.1, -0.05) is 6.07 Å². The van der Waals surface area contributed by atoms with E-state index in [0.29, 0.717) is 0 Å². The Balaban J connectivity index is 2.68. The molecule has 0 aliphatic rings. The molecular weight excluding hydrogens is 259 g/mol. The number of methoxy groups -OCH3 is 1. The molecule has 0 bridgehead atoms. The van der Waals surface area contributed by atoms with Crippen molar-refractivity contribution in [2.75, 3.05) is 7.11 Å². The van der Waals surface area contributed by atoms with Gasteiger partial charge in [0.05, 0.1) is 13.2 Å². The molecule has 2 atom stereocenters. The lowest BCUT2D eigenvalue weighted by atomic mass is 10.1. The van der Waals surface area contributed by atoms with Gasteiger partial charge in [-0.3, -0.25) is 10.1 Å². The third kappa shape index (κ3) is 4.49. The quantitative estimate of drug-likeness (QED) is 0.842. The maximum atomic E-state index is 13.6. The van der Waals surface area contributed by atoms with Crippen LogP contribution in [-0.4, -0.2) is 25.1 Å². The summed E-state index contributed by atoms with van der Waals surface area (Å²) in [6, 6.07) is 4.40. The molecule has 1 rings (SSSR count). The fraction of sp³-hybridized carbons (Fsp3) is 0.533. The van der Waals surface area contributed by atoms with Gasteiger partial charge < -0.3 is 10.1 Å². The van der Waals surface area contributed by atoms with Crippen LogP contribution in [0.1, 0.15) is 39.3 Å². The molecule has 1 aromatic rings. The molecule has 0 saturated carbocycles. The highest BCUT2D eigenvalue weighted by atomic mass is 19.1. The Bertz CT molecular complexity index is 463. The number of carbonyl (C=O) groups excluding carboxylic acids is 1. The van der Waals surface area contributed by atoms with Crippen LogP contribution in [-0.2, 0) is 4.79 Å². The Labute approximate surface area is 119 Å². The number of amides is 1.